The summed E-state index contributed by atoms with van der Waals surface area (Å²) in [6.45, 7) is 3.39. The van der Waals surface area contributed by atoms with Gasteiger partial charge >= 0.3 is 0 Å². The molecule has 1 aliphatic heterocycles. The summed E-state index contributed by atoms with van der Waals surface area (Å²) >= 11 is 8.96. The van der Waals surface area contributed by atoms with Crippen molar-refractivity contribution in [2.75, 3.05) is 17.7 Å². The van der Waals surface area contributed by atoms with E-state index in [9.17, 15) is 14.9 Å². The van der Waals surface area contributed by atoms with Crippen molar-refractivity contribution >= 4 is 52.0 Å². The number of aromatic nitrogens is 3. The molecule has 4 rings (SSSR count). The van der Waals surface area contributed by atoms with Gasteiger partial charge in [0, 0.05) is 34.6 Å². The highest BCUT2D eigenvalue weighted by molar-refractivity contribution is 7.99. The van der Waals surface area contributed by atoms with Gasteiger partial charge in [-0.1, -0.05) is 23.4 Å². The molecule has 9 nitrogen and oxygen atoms in total. The lowest BCUT2D eigenvalue weighted by molar-refractivity contribution is -0.384. The van der Waals surface area contributed by atoms with E-state index in [1.165, 1.54) is 34.8 Å². The molecule has 1 N–H and O–H groups in total. The first-order valence-corrected chi connectivity index (χ1v) is 12.1. The number of aryl methyl sites for hydroxylation is 1. The number of amides is 1. The van der Waals surface area contributed by atoms with Crippen LogP contribution in [-0.2, 0) is 16.1 Å². The summed E-state index contributed by atoms with van der Waals surface area (Å²) in [7, 11) is 0. The van der Waals surface area contributed by atoms with Crippen LogP contribution in [0.25, 0.3) is 11.4 Å². The highest BCUT2D eigenvalue weighted by Crippen LogP contribution is 2.30. The van der Waals surface area contributed by atoms with E-state index in [-0.39, 0.29) is 34.2 Å². The second kappa shape index (κ2) is 9.99. The lowest BCUT2D eigenvalue weighted by atomic mass is 10.2. The van der Waals surface area contributed by atoms with Crippen LogP contribution < -0.4 is 5.32 Å². The molecule has 12 heteroatoms. The number of ether oxygens (including phenoxy) is 1. The average Bonchev–Trinajstić information content (AvgIpc) is 3.50. The van der Waals surface area contributed by atoms with Gasteiger partial charge in [0.2, 0.25) is 5.91 Å². The minimum Gasteiger partial charge on any atom is -0.376 e. The van der Waals surface area contributed by atoms with Gasteiger partial charge in [-0.05, 0) is 31.9 Å². The number of nitro benzene ring substituents is 1. The maximum Gasteiger partial charge on any atom is 0.271 e. The SMILES string of the molecule is Cc1cc(-c2nnc(SCC(=O)Nc3cc([N+](=O)[O-])ccc3Cl)n2C[C@H]2CCCO2)cs1. The molecule has 1 saturated heterocycles. The molecule has 0 unspecified atom stereocenters. The van der Waals surface area contributed by atoms with Gasteiger partial charge in [0.05, 0.1) is 34.0 Å². The standard InChI is InChI=1S/C20H20ClN5O4S2/c1-12-7-13(10-31-12)19-23-24-20(25(19)9-15-3-2-6-30-15)32-11-18(27)22-17-8-14(26(28)29)4-5-16(17)21/h4-5,7-8,10,15H,2-3,6,9,11H2,1H3,(H,22,27)/t15-/m1/s1. The summed E-state index contributed by atoms with van der Waals surface area (Å²) in [5.41, 5.74) is 1.03. The zero-order valence-electron chi connectivity index (χ0n) is 17.1. The van der Waals surface area contributed by atoms with Crippen molar-refractivity contribution in [2.24, 2.45) is 0 Å². The first-order chi connectivity index (χ1) is 15.4. The summed E-state index contributed by atoms with van der Waals surface area (Å²) < 4.78 is 7.79. The fourth-order valence-electron chi connectivity index (χ4n) is 3.37. The Morgan fingerprint density at radius 2 is 2.28 bits per heavy atom. The molecular formula is C20H20ClN5O4S2. The number of nitrogens with one attached hydrogen (secondary N) is 1. The maximum absolute atomic E-state index is 12.5. The van der Waals surface area contributed by atoms with Gasteiger partial charge in [0.25, 0.3) is 5.69 Å². The Labute approximate surface area is 197 Å². The van der Waals surface area contributed by atoms with E-state index >= 15 is 0 Å². The van der Waals surface area contributed by atoms with E-state index < -0.39 is 4.92 Å². The number of thiophene rings is 1. The molecule has 3 aromatic rings. The number of hydrogen-bond acceptors (Lipinski definition) is 8. The molecule has 1 aliphatic rings. The highest BCUT2D eigenvalue weighted by atomic mass is 35.5. The molecule has 1 amide bonds. The average molecular weight is 494 g/mol. The van der Waals surface area contributed by atoms with Gasteiger partial charge in [-0.3, -0.25) is 19.5 Å². The number of thioether (sulfide) groups is 1. The van der Waals surface area contributed by atoms with Crippen LogP contribution in [0.1, 0.15) is 17.7 Å². The molecule has 32 heavy (non-hydrogen) atoms. The van der Waals surface area contributed by atoms with Gasteiger partial charge in [0.1, 0.15) is 0 Å². The molecule has 168 valence electrons. The summed E-state index contributed by atoms with van der Waals surface area (Å²) in [6.07, 6.45) is 2.08. The van der Waals surface area contributed by atoms with Crippen molar-refractivity contribution in [3.8, 4) is 11.4 Å². The lowest BCUT2D eigenvalue weighted by Crippen LogP contribution is -2.18. The first kappa shape index (κ1) is 22.7. The minimum absolute atomic E-state index is 0.0470. The molecule has 0 radical (unpaired) electrons. The Bertz CT molecular complexity index is 1140. The van der Waals surface area contributed by atoms with Crippen LogP contribution in [0.2, 0.25) is 5.02 Å². The van der Waals surface area contributed by atoms with Crippen LogP contribution in [0.3, 0.4) is 0 Å². The number of anilines is 1. The third-order valence-corrected chi connectivity index (χ3v) is 7.04. The number of nitro groups is 1. The number of carbonyl (C=O) groups excluding carboxylic acids is 1. The van der Waals surface area contributed by atoms with E-state index in [2.05, 4.69) is 21.6 Å². The Hall–Kier alpha value is -2.47. The number of non-ortho nitro benzene ring substituents is 1. The van der Waals surface area contributed by atoms with Gasteiger partial charge in [0.15, 0.2) is 11.0 Å². The van der Waals surface area contributed by atoms with Crippen molar-refractivity contribution < 1.29 is 14.5 Å². The van der Waals surface area contributed by atoms with Crippen molar-refractivity contribution in [2.45, 2.75) is 37.6 Å². The lowest BCUT2D eigenvalue weighted by Gasteiger charge is -2.14. The van der Waals surface area contributed by atoms with Crippen LogP contribution in [0.4, 0.5) is 11.4 Å². The van der Waals surface area contributed by atoms with Gasteiger partial charge in [-0.15, -0.1) is 21.5 Å². The van der Waals surface area contributed by atoms with Crippen LogP contribution in [-0.4, -0.2) is 44.1 Å². The van der Waals surface area contributed by atoms with Crippen molar-refractivity contribution in [1.29, 1.82) is 0 Å². The first-order valence-electron chi connectivity index (χ1n) is 9.87. The zero-order valence-corrected chi connectivity index (χ0v) is 19.5. The third kappa shape index (κ3) is 5.29. The van der Waals surface area contributed by atoms with Crippen LogP contribution in [0.15, 0.2) is 34.8 Å². The topological polar surface area (TPSA) is 112 Å². The Balaban J connectivity index is 1.49. The molecule has 2 aromatic heterocycles. The summed E-state index contributed by atoms with van der Waals surface area (Å²) in [4.78, 5) is 24.1. The monoisotopic (exact) mass is 493 g/mol. The normalized spacial score (nSPS) is 15.8. The van der Waals surface area contributed by atoms with Crippen LogP contribution >= 0.6 is 34.7 Å². The summed E-state index contributed by atoms with van der Waals surface area (Å²) in [6, 6.07) is 5.97. The quantitative estimate of drug-likeness (QED) is 0.273. The molecule has 1 atom stereocenters. The second-order valence-electron chi connectivity index (χ2n) is 7.26. The third-order valence-electron chi connectivity index (χ3n) is 4.88. The van der Waals surface area contributed by atoms with E-state index in [1.807, 2.05) is 16.9 Å². The largest absolute Gasteiger partial charge is 0.376 e. The van der Waals surface area contributed by atoms with E-state index in [0.29, 0.717) is 11.7 Å². The fourth-order valence-corrected chi connectivity index (χ4v) is 4.96. The summed E-state index contributed by atoms with van der Waals surface area (Å²) in [5, 5.41) is 25.2. The smallest absolute Gasteiger partial charge is 0.271 e. The molecule has 3 heterocycles. The molecule has 1 aromatic carbocycles. The van der Waals surface area contributed by atoms with Gasteiger partial charge < -0.3 is 10.1 Å². The van der Waals surface area contributed by atoms with Gasteiger partial charge in [-0.25, -0.2) is 0 Å². The molecule has 0 bridgehead atoms. The fraction of sp³-hybridized carbons (Fsp3) is 0.350. The molecule has 0 aliphatic carbocycles. The Kier molecular flexibility index (Phi) is 7.09. The predicted octanol–water partition coefficient (Wildman–Crippen LogP) is 4.79. The number of rotatable bonds is 8. The van der Waals surface area contributed by atoms with E-state index in [4.69, 9.17) is 16.3 Å². The van der Waals surface area contributed by atoms with Crippen molar-refractivity contribution in [3.63, 3.8) is 0 Å². The van der Waals surface area contributed by atoms with E-state index in [0.717, 1.165) is 30.8 Å². The van der Waals surface area contributed by atoms with Gasteiger partial charge in [-0.2, -0.15) is 0 Å². The minimum atomic E-state index is -0.540. The highest BCUT2D eigenvalue weighted by Gasteiger charge is 2.23. The Morgan fingerprint density at radius 1 is 1.44 bits per heavy atom. The predicted molar refractivity (Wildman–Crippen MR) is 125 cm³/mol. The molecule has 0 spiro atoms. The van der Waals surface area contributed by atoms with Crippen molar-refractivity contribution in [1.82, 2.24) is 14.8 Å². The Morgan fingerprint density at radius 3 is 2.97 bits per heavy atom. The summed E-state index contributed by atoms with van der Waals surface area (Å²) in [5.74, 6) is 0.442. The number of hydrogen-bond donors (Lipinski definition) is 1. The zero-order chi connectivity index (χ0) is 22.7. The molecular weight excluding hydrogens is 474 g/mol. The second-order valence-corrected chi connectivity index (χ2v) is 9.72. The van der Waals surface area contributed by atoms with Crippen LogP contribution in [0.5, 0.6) is 0 Å². The number of halogens is 1. The number of benzene rings is 1. The maximum atomic E-state index is 12.5. The number of carbonyl (C=O) groups is 1. The van der Waals surface area contributed by atoms with E-state index in [1.54, 1.807) is 11.3 Å². The molecule has 1 fully saturated rings. The van der Waals surface area contributed by atoms with Crippen LogP contribution in [0, 0.1) is 17.0 Å². The number of nitrogens with zero attached hydrogens (tertiary/aromatic N) is 4. The van der Waals surface area contributed by atoms with Crippen molar-refractivity contribution in [3.05, 3.63) is 49.7 Å². The molecule has 0 saturated carbocycles.